The Bertz CT molecular complexity index is 701. The summed E-state index contributed by atoms with van der Waals surface area (Å²) in [7, 11) is 1.99. The van der Waals surface area contributed by atoms with Crippen molar-refractivity contribution < 1.29 is 9.59 Å². The Morgan fingerprint density at radius 2 is 1.72 bits per heavy atom. The zero-order valence-corrected chi connectivity index (χ0v) is 14.8. The fraction of sp³-hybridized carbons (Fsp3) is 0.300. The summed E-state index contributed by atoms with van der Waals surface area (Å²) < 4.78 is 0. The molecule has 0 bridgehead atoms. The number of nitrogens with zero attached hydrogens (tertiary/aromatic N) is 1. The van der Waals surface area contributed by atoms with Gasteiger partial charge in [0, 0.05) is 44.4 Å². The molecule has 0 aliphatic carbocycles. The summed E-state index contributed by atoms with van der Waals surface area (Å²) in [6, 6.07) is 17.4. The molecule has 0 fully saturated rings. The van der Waals surface area contributed by atoms with Gasteiger partial charge >= 0.3 is 0 Å². The number of nitrogens with one attached hydrogen (secondary N) is 2. The van der Waals surface area contributed by atoms with E-state index in [-0.39, 0.29) is 18.2 Å². The van der Waals surface area contributed by atoms with Crippen molar-refractivity contribution >= 4 is 17.5 Å². The van der Waals surface area contributed by atoms with Crippen LogP contribution >= 0.6 is 0 Å². The van der Waals surface area contributed by atoms with E-state index in [1.807, 2.05) is 62.5 Å². The Morgan fingerprint density at radius 3 is 2.44 bits per heavy atom. The molecule has 5 nitrogen and oxygen atoms in total. The number of hydrogen-bond acceptors (Lipinski definition) is 3. The van der Waals surface area contributed by atoms with Crippen molar-refractivity contribution in [2.45, 2.75) is 13.3 Å². The number of anilines is 1. The van der Waals surface area contributed by atoms with Crippen molar-refractivity contribution in [2.24, 2.45) is 0 Å². The Hall–Kier alpha value is -2.82. The molecule has 132 valence electrons. The summed E-state index contributed by atoms with van der Waals surface area (Å²) in [6.45, 7) is 3.56. The lowest BCUT2D eigenvalue weighted by Crippen LogP contribution is -2.35. The van der Waals surface area contributed by atoms with Gasteiger partial charge in [0.15, 0.2) is 0 Å². The summed E-state index contributed by atoms with van der Waals surface area (Å²) >= 11 is 0. The number of carbonyl (C=O) groups is 2. The molecule has 2 aromatic rings. The van der Waals surface area contributed by atoms with E-state index in [9.17, 15) is 9.59 Å². The Kier molecular flexibility index (Phi) is 7.01. The van der Waals surface area contributed by atoms with Gasteiger partial charge in [-0.1, -0.05) is 35.9 Å². The molecule has 0 radical (unpaired) electrons. The third-order valence-corrected chi connectivity index (χ3v) is 3.88. The number of benzene rings is 2. The largest absolute Gasteiger partial charge is 0.373 e. The minimum atomic E-state index is -0.152. The first-order valence-electron chi connectivity index (χ1n) is 8.44. The smallest absolute Gasteiger partial charge is 0.251 e. The van der Waals surface area contributed by atoms with Crippen molar-refractivity contribution in [3.8, 4) is 0 Å². The molecule has 0 aliphatic heterocycles. The van der Waals surface area contributed by atoms with Gasteiger partial charge in [0.1, 0.15) is 0 Å². The molecular weight excluding hydrogens is 314 g/mol. The van der Waals surface area contributed by atoms with E-state index < -0.39 is 0 Å². The molecule has 25 heavy (non-hydrogen) atoms. The second kappa shape index (κ2) is 9.47. The molecule has 2 rings (SSSR count). The molecule has 0 unspecified atom stereocenters. The predicted molar refractivity (Wildman–Crippen MR) is 101 cm³/mol. The first-order chi connectivity index (χ1) is 12.1. The summed E-state index contributed by atoms with van der Waals surface area (Å²) in [6.07, 6.45) is 0.270. The number of likely N-dealkylation sites (N-methyl/N-ethyl adjacent to an activating group) is 1. The van der Waals surface area contributed by atoms with Crippen LogP contribution in [0.3, 0.4) is 0 Å². The molecule has 0 aliphatic rings. The van der Waals surface area contributed by atoms with Gasteiger partial charge in [0.25, 0.3) is 5.91 Å². The molecule has 0 heterocycles. The van der Waals surface area contributed by atoms with Gasteiger partial charge in [-0.25, -0.2) is 0 Å². The molecule has 0 saturated heterocycles. The molecule has 2 aromatic carbocycles. The number of aryl methyl sites for hydroxylation is 1. The Morgan fingerprint density at radius 1 is 0.960 bits per heavy atom. The van der Waals surface area contributed by atoms with E-state index in [0.29, 0.717) is 18.7 Å². The third kappa shape index (κ3) is 6.30. The average molecular weight is 339 g/mol. The van der Waals surface area contributed by atoms with Gasteiger partial charge < -0.3 is 15.5 Å². The minimum Gasteiger partial charge on any atom is -0.373 e. The molecule has 2 N–H and O–H groups in total. The molecule has 0 saturated carbocycles. The summed E-state index contributed by atoms with van der Waals surface area (Å²) in [5.41, 5.74) is 2.76. The van der Waals surface area contributed by atoms with Gasteiger partial charge in [-0.15, -0.1) is 0 Å². The summed E-state index contributed by atoms with van der Waals surface area (Å²) in [4.78, 5) is 25.9. The number of para-hydroxylation sites is 1. The highest BCUT2D eigenvalue weighted by molar-refractivity contribution is 5.94. The summed E-state index contributed by atoms with van der Waals surface area (Å²) in [5, 5.41) is 5.65. The van der Waals surface area contributed by atoms with Crippen molar-refractivity contribution in [3.63, 3.8) is 0 Å². The second-order valence-corrected chi connectivity index (χ2v) is 5.98. The molecule has 0 atom stereocenters. The van der Waals surface area contributed by atoms with Gasteiger partial charge in [-0.3, -0.25) is 9.59 Å². The zero-order valence-electron chi connectivity index (χ0n) is 14.8. The van der Waals surface area contributed by atoms with Crippen molar-refractivity contribution in [3.05, 3.63) is 65.7 Å². The van der Waals surface area contributed by atoms with Crippen LogP contribution in [0.1, 0.15) is 22.3 Å². The maximum absolute atomic E-state index is 12.0. The number of rotatable bonds is 8. The zero-order chi connectivity index (χ0) is 18.1. The molecule has 0 spiro atoms. The average Bonchev–Trinajstić information content (AvgIpc) is 2.62. The second-order valence-electron chi connectivity index (χ2n) is 5.98. The molecule has 0 aromatic heterocycles. The van der Waals surface area contributed by atoms with Crippen LogP contribution in [0.15, 0.2) is 54.6 Å². The van der Waals surface area contributed by atoms with E-state index in [2.05, 4.69) is 15.5 Å². The highest BCUT2D eigenvalue weighted by Gasteiger charge is 2.07. The lowest BCUT2D eigenvalue weighted by atomic mass is 10.1. The van der Waals surface area contributed by atoms with Crippen molar-refractivity contribution in [1.82, 2.24) is 10.6 Å². The topological polar surface area (TPSA) is 61.4 Å². The lowest BCUT2D eigenvalue weighted by molar-refractivity contribution is -0.120. The molecule has 2 amide bonds. The summed E-state index contributed by atoms with van der Waals surface area (Å²) in [5.74, 6) is -0.216. The minimum absolute atomic E-state index is 0.0639. The van der Waals surface area contributed by atoms with Gasteiger partial charge in [-0.05, 0) is 31.2 Å². The predicted octanol–water partition coefficient (Wildman–Crippen LogP) is 2.37. The van der Waals surface area contributed by atoms with Crippen LogP contribution in [-0.2, 0) is 4.79 Å². The maximum Gasteiger partial charge on any atom is 0.251 e. The molecule has 5 heteroatoms. The maximum atomic E-state index is 12.0. The molecular formula is C20H25N3O2. The van der Waals surface area contributed by atoms with Crippen LogP contribution in [-0.4, -0.2) is 38.5 Å². The standard InChI is InChI=1S/C20H25N3O2/c1-16-7-6-8-17(15-16)20(25)22-12-11-19(24)21-13-14-23(2)18-9-4-3-5-10-18/h3-10,15H,11-14H2,1-2H3,(H,21,24)(H,22,25). The first kappa shape index (κ1) is 18.5. The van der Waals surface area contributed by atoms with E-state index >= 15 is 0 Å². The Balaban J connectivity index is 1.63. The number of amides is 2. The van der Waals surface area contributed by atoms with Gasteiger partial charge in [-0.2, -0.15) is 0 Å². The van der Waals surface area contributed by atoms with Crippen LogP contribution < -0.4 is 15.5 Å². The third-order valence-electron chi connectivity index (χ3n) is 3.88. The lowest BCUT2D eigenvalue weighted by Gasteiger charge is -2.19. The van der Waals surface area contributed by atoms with Crippen LogP contribution in [0, 0.1) is 6.92 Å². The van der Waals surface area contributed by atoms with Gasteiger partial charge in [0.2, 0.25) is 5.91 Å². The highest BCUT2D eigenvalue weighted by atomic mass is 16.2. The van der Waals surface area contributed by atoms with E-state index in [0.717, 1.165) is 17.8 Å². The van der Waals surface area contributed by atoms with Gasteiger partial charge in [0.05, 0.1) is 0 Å². The van der Waals surface area contributed by atoms with Crippen LogP contribution in [0.4, 0.5) is 5.69 Å². The number of hydrogen-bond donors (Lipinski definition) is 2. The van der Waals surface area contributed by atoms with Crippen LogP contribution in [0.25, 0.3) is 0 Å². The Labute approximate surface area is 149 Å². The van der Waals surface area contributed by atoms with E-state index in [4.69, 9.17) is 0 Å². The fourth-order valence-electron chi connectivity index (χ4n) is 2.44. The van der Waals surface area contributed by atoms with Crippen molar-refractivity contribution in [1.29, 1.82) is 0 Å². The van der Waals surface area contributed by atoms with Crippen molar-refractivity contribution in [2.75, 3.05) is 31.6 Å². The number of carbonyl (C=O) groups excluding carboxylic acids is 2. The quantitative estimate of drug-likeness (QED) is 0.776. The SMILES string of the molecule is Cc1cccc(C(=O)NCCC(=O)NCCN(C)c2ccccc2)c1. The highest BCUT2D eigenvalue weighted by Crippen LogP contribution is 2.09. The monoisotopic (exact) mass is 339 g/mol. The van der Waals surface area contributed by atoms with Crippen LogP contribution in [0.2, 0.25) is 0 Å². The van der Waals surface area contributed by atoms with E-state index in [1.165, 1.54) is 0 Å². The normalized spacial score (nSPS) is 10.2. The fourth-order valence-corrected chi connectivity index (χ4v) is 2.44. The van der Waals surface area contributed by atoms with Crippen LogP contribution in [0.5, 0.6) is 0 Å². The van der Waals surface area contributed by atoms with E-state index in [1.54, 1.807) is 6.07 Å². The first-order valence-corrected chi connectivity index (χ1v) is 8.44.